The van der Waals surface area contributed by atoms with Crippen LogP contribution in [0.1, 0.15) is 32.3 Å². The first-order valence-corrected chi connectivity index (χ1v) is 6.31. The second-order valence-electron chi connectivity index (χ2n) is 4.02. The van der Waals surface area contributed by atoms with E-state index in [-0.39, 0.29) is 12.1 Å². The Labute approximate surface area is 105 Å². The molecule has 0 saturated heterocycles. The van der Waals surface area contributed by atoms with Crippen LogP contribution in [0.3, 0.4) is 0 Å². The molecule has 0 saturated carbocycles. The van der Waals surface area contributed by atoms with E-state index >= 15 is 0 Å². The molecule has 0 N–H and O–H groups in total. The van der Waals surface area contributed by atoms with Crippen LogP contribution in [0.2, 0.25) is 0 Å². The maximum Gasteiger partial charge on any atom is 0.306 e. The molecule has 0 aliphatic heterocycles. The lowest BCUT2D eigenvalue weighted by Gasteiger charge is -2.07. The van der Waals surface area contributed by atoms with Gasteiger partial charge in [0.1, 0.15) is 0 Å². The second-order valence-corrected chi connectivity index (χ2v) is 4.93. The second kappa shape index (κ2) is 6.69. The van der Waals surface area contributed by atoms with Gasteiger partial charge in [0.2, 0.25) is 0 Å². The van der Waals surface area contributed by atoms with Crippen LogP contribution < -0.4 is 0 Å². The smallest absolute Gasteiger partial charge is 0.306 e. The van der Waals surface area contributed by atoms with Crippen LogP contribution in [-0.2, 0) is 16.0 Å². The lowest BCUT2D eigenvalue weighted by Crippen LogP contribution is -2.11. The lowest BCUT2D eigenvalue weighted by atomic mass is 10.1. The first-order chi connectivity index (χ1) is 7.58. The molecule has 0 aromatic heterocycles. The Morgan fingerprint density at radius 1 is 1.31 bits per heavy atom. The van der Waals surface area contributed by atoms with Gasteiger partial charge in [-0.2, -0.15) is 0 Å². The van der Waals surface area contributed by atoms with Crippen molar-refractivity contribution < 1.29 is 9.53 Å². The van der Waals surface area contributed by atoms with Crippen LogP contribution in [0.5, 0.6) is 0 Å². The van der Waals surface area contributed by atoms with Crippen molar-refractivity contribution in [3.8, 4) is 0 Å². The average molecular weight is 285 g/mol. The third-order valence-electron chi connectivity index (χ3n) is 2.13. The Kier molecular flexibility index (Phi) is 5.53. The SMILES string of the molecule is CC(C)OC(=O)CCCc1ccc(Br)cc1. The fourth-order valence-corrected chi connectivity index (χ4v) is 1.67. The number of aryl methyl sites for hydroxylation is 1. The summed E-state index contributed by atoms with van der Waals surface area (Å²) in [7, 11) is 0. The van der Waals surface area contributed by atoms with Gasteiger partial charge in [-0.05, 0) is 44.4 Å². The molecule has 2 nitrogen and oxygen atoms in total. The van der Waals surface area contributed by atoms with E-state index < -0.39 is 0 Å². The normalized spacial score (nSPS) is 10.5. The van der Waals surface area contributed by atoms with E-state index in [1.165, 1.54) is 5.56 Å². The summed E-state index contributed by atoms with van der Waals surface area (Å²) in [5.74, 6) is -0.105. The zero-order chi connectivity index (χ0) is 12.0. The average Bonchev–Trinajstić information content (AvgIpc) is 2.20. The number of hydrogen-bond acceptors (Lipinski definition) is 2. The molecule has 0 aliphatic rings. The van der Waals surface area contributed by atoms with Crippen LogP contribution in [0.25, 0.3) is 0 Å². The zero-order valence-electron chi connectivity index (χ0n) is 9.70. The standard InChI is InChI=1S/C13H17BrO2/c1-10(2)16-13(15)5-3-4-11-6-8-12(14)9-7-11/h6-10H,3-5H2,1-2H3. The lowest BCUT2D eigenvalue weighted by molar-refractivity contribution is -0.147. The Hall–Kier alpha value is -0.830. The Morgan fingerprint density at radius 3 is 2.50 bits per heavy atom. The van der Waals surface area contributed by atoms with Gasteiger partial charge in [0.25, 0.3) is 0 Å². The molecule has 88 valence electrons. The van der Waals surface area contributed by atoms with E-state index in [9.17, 15) is 4.79 Å². The summed E-state index contributed by atoms with van der Waals surface area (Å²) in [6, 6.07) is 8.17. The van der Waals surface area contributed by atoms with E-state index in [1.807, 2.05) is 26.0 Å². The van der Waals surface area contributed by atoms with Crippen molar-refractivity contribution in [1.82, 2.24) is 0 Å². The highest BCUT2D eigenvalue weighted by Gasteiger charge is 2.04. The fourth-order valence-electron chi connectivity index (χ4n) is 1.41. The summed E-state index contributed by atoms with van der Waals surface area (Å²) in [5.41, 5.74) is 1.25. The number of rotatable bonds is 5. The van der Waals surface area contributed by atoms with Gasteiger partial charge >= 0.3 is 5.97 Å². The van der Waals surface area contributed by atoms with Crippen molar-refractivity contribution in [2.24, 2.45) is 0 Å². The molecule has 0 spiro atoms. The van der Waals surface area contributed by atoms with Crippen molar-refractivity contribution in [2.45, 2.75) is 39.2 Å². The minimum absolute atomic E-state index is 0.0137. The number of hydrogen-bond donors (Lipinski definition) is 0. The van der Waals surface area contributed by atoms with Gasteiger partial charge in [0.05, 0.1) is 6.10 Å². The monoisotopic (exact) mass is 284 g/mol. The highest BCUT2D eigenvalue weighted by Crippen LogP contribution is 2.12. The predicted molar refractivity (Wildman–Crippen MR) is 68.3 cm³/mol. The third-order valence-corrected chi connectivity index (χ3v) is 2.66. The molecular formula is C13H17BrO2. The number of ether oxygens (including phenoxy) is 1. The van der Waals surface area contributed by atoms with Gasteiger partial charge in [-0.3, -0.25) is 4.79 Å². The number of halogens is 1. The maximum atomic E-state index is 11.3. The first-order valence-electron chi connectivity index (χ1n) is 5.52. The zero-order valence-corrected chi connectivity index (χ0v) is 11.3. The van der Waals surface area contributed by atoms with Crippen molar-refractivity contribution in [3.05, 3.63) is 34.3 Å². The number of benzene rings is 1. The molecule has 1 aromatic rings. The summed E-state index contributed by atoms with van der Waals surface area (Å²) in [4.78, 5) is 11.3. The summed E-state index contributed by atoms with van der Waals surface area (Å²) < 4.78 is 6.14. The molecule has 0 amide bonds. The van der Waals surface area contributed by atoms with E-state index in [0.29, 0.717) is 6.42 Å². The molecule has 1 aromatic carbocycles. The molecule has 0 bridgehead atoms. The number of carbonyl (C=O) groups excluding carboxylic acids is 1. The number of esters is 1. The Bertz CT molecular complexity index is 330. The third kappa shape index (κ3) is 5.31. The maximum absolute atomic E-state index is 11.3. The topological polar surface area (TPSA) is 26.3 Å². The molecule has 0 fully saturated rings. The summed E-state index contributed by atoms with van der Waals surface area (Å²) in [6.45, 7) is 3.74. The summed E-state index contributed by atoms with van der Waals surface area (Å²) in [6.07, 6.45) is 2.24. The van der Waals surface area contributed by atoms with Crippen LogP contribution in [0, 0.1) is 0 Å². The fraction of sp³-hybridized carbons (Fsp3) is 0.462. The van der Waals surface area contributed by atoms with Gasteiger partial charge < -0.3 is 4.74 Å². The largest absolute Gasteiger partial charge is 0.463 e. The first kappa shape index (κ1) is 13.2. The van der Waals surface area contributed by atoms with Gasteiger partial charge in [-0.1, -0.05) is 28.1 Å². The quantitative estimate of drug-likeness (QED) is 0.771. The van der Waals surface area contributed by atoms with Crippen molar-refractivity contribution >= 4 is 21.9 Å². The highest BCUT2D eigenvalue weighted by molar-refractivity contribution is 9.10. The number of carbonyl (C=O) groups is 1. The van der Waals surface area contributed by atoms with Crippen LogP contribution >= 0.6 is 15.9 Å². The van der Waals surface area contributed by atoms with Crippen molar-refractivity contribution in [3.63, 3.8) is 0 Å². The van der Waals surface area contributed by atoms with E-state index in [2.05, 4.69) is 28.1 Å². The predicted octanol–water partition coefficient (Wildman–Crippen LogP) is 3.72. The minimum Gasteiger partial charge on any atom is -0.463 e. The van der Waals surface area contributed by atoms with Gasteiger partial charge in [-0.15, -0.1) is 0 Å². The molecular weight excluding hydrogens is 268 g/mol. The summed E-state index contributed by atoms with van der Waals surface area (Å²) >= 11 is 3.39. The van der Waals surface area contributed by atoms with Crippen molar-refractivity contribution in [1.29, 1.82) is 0 Å². The van der Waals surface area contributed by atoms with Crippen LogP contribution in [0.15, 0.2) is 28.7 Å². The van der Waals surface area contributed by atoms with E-state index in [4.69, 9.17) is 4.74 Å². The van der Waals surface area contributed by atoms with Gasteiger partial charge in [0, 0.05) is 10.9 Å². The molecule has 0 atom stereocenters. The molecule has 0 heterocycles. The van der Waals surface area contributed by atoms with Gasteiger partial charge in [-0.25, -0.2) is 0 Å². The molecule has 0 aliphatic carbocycles. The summed E-state index contributed by atoms with van der Waals surface area (Å²) in [5, 5.41) is 0. The van der Waals surface area contributed by atoms with Crippen LogP contribution in [-0.4, -0.2) is 12.1 Å². The van der Waals surface area contributed by atoms with Gasteiger partial charge in [0.15, 0.2) is 0 Å². The molecule has 1 rings (SSSR count). The molecule has 3 heteroatoms. The highest BCUT2D eigenvalue weighted by atomic mass is 79.9. The minimum atomic E-state index is -0.105. The Morgan fingerprint density at radius 2 is 1.94 bits per heavy atom. The van der Waals surface area contributed by atoms with E-state index in [1.54, 1.807) is 0 Å². The molecule has 16 heavy (non-hydrogen) atoms. The van der Waals surface area contributed by atoms with E-state index in [0.717, 1.165) is 17.3 Å². The van der Waals surface area contributed by atoms with Crippen molar-refractivity contribution in [2.75, 3.05) is 0 Å². The van der Waals surface area contributed by atoms with Crippen LogP contribution in [0.4, 0.5) is 0 Å². The Balaban J connectivity index is 2.25. The molecule has 0 unspecified atom stereocenters. The molecule has 0 radical (unpaired) electrons.